The quantitative estimate of drug-likeness (QED) is 0.0605. The largest absolute Gasteiger partial charge is 0.493 e. The van der Waals surface area contributed by atoms with Crippen LogP contribution in [0.4, 0.5) is 15.8 Å². The molecule has 9 heteroatoms. The predicted octanol–water partition coefficient (Wildman–Crippen LogP) is 11.4. The van der Waals surface area contributed by atoms with Crippen molar-refractivity contribution in [3.63, 3.8) is 0 Å². The van der Waals surface area contributed by atoms with E-state index in [4.69, 9.17) is 14.2 Å². The molecule has 1 aromatic heterocycles. The third-order valence-electron chi connectivity index (χ3n) is 10.3. The molecule has 4 aromatic rings. The van der Waals surface area contributed by atoms with E-state index >= 15 is 0 Å². The SMILES string of the molecule is CCCCCCCCCCCCCCCCN(C(=O)C1(C(=O)Nc2ccc(Oc3ccnc4cc(OC)c(OC)cc34)cc2)CC1)c1ccc(F)cc1. The molecule has 0 unspecified atom stereocenters. The van der Waals surface area contributed by atoms with Crippen molar-refractivity contribution in [2.75, 3.05) is 31.0 Å². The molecule has 284 valence electrons. The van der Waals surface area contributed by atoms with Gasteiger partial charge < -0.3 is 24.4 Å². The fourth-order valence-corrected chi connectivity index (χ4v) is 6.88. The Kier molecular flexibility index (Phi) is 14.9. The number of pyridine rings is 1. The molecule has 1 saturated carbocycles. The monoisotopic (exact) mass is 725 g/mol. The number of carbonyl (C=O) groups excluding carboxylic acids is 2. The Morgan fingerprint density at radius 2 is 1.30 bits per heavy atom. The molecule has 8 nitrogen and oxygen atoms in total. The van der Waals surface area contributed by atoms with Crippen LogP contribution in [0.1, 0.15) is 110 Å². The van der Waals surface area contributed by atoms with E-state index in [2.05, 4.69) is 17.2 Å². The number of carbonyl (C=O) groups is 2. The van der Waals surface area contributed by atoms with E-state index < -0.39 is 5.41 Å². The number of amides is 2. The number of hydrogen-bond acceptors (Lipinski definition) is 6. The van der Waals surface area contributed by atoms with Gasteiger partial charge in [0.1, 0.15) is 22.7 Å². The first kappa shape index (κ1) is 39.5. The van der Waals surface area contributed by atoms with Crippen LogP contribution in [0.3, 0.4) is 0 Å². The lowest BCUT2D eigenvalue weighted by molar-refractivity contribution is -0.132. The van der Waals surface area contributed by atoms with Crippen LogP contribution in [-0.2, 0) is 9.59 Å². The number of rotatable bonds is 23. The molecule has 3 aromatic carbocycles. The molecule has 0 atom stereocenters. The highest BCUT2D eigenvalue weighted by Gasteiger charge is 2.58. The number of benzene rings is 3. The summed E-state index contributed by atoms with van der Waals surface area (Å²) in [5.41, 5.74) is 0.733. The standard InChI is InChI=1S/C44H56FN3O5/c1-4-5-6-7-8-9-10-11-12-13-14-15-16-17-30-48(35-22-18-33(45)19-23-35)43(50)44(27-28-44)42(49)47-34-20-24-36(25-21-34)53-39-26-29-46-38-32-41(52-3)40(51-2)31-37(38)39/h18-26,29,31-32H,4-17,27-28,30H2,1-3H3,(H,47,49). The number of unbranched alkanes of at least 4 members (excludes halogenated alkanes) is 13. The lowest BCUT2D eigenvalue weighted by Crippen LogP contribution is -2.43. The minimum atomic E-state index is -1.14. The van der Waals surface area contributed by atoms with E-state index in [1.807, 2.05) is 6.07 Å². The zero-order valence-corrected chi connectivity index (χ0v) is 31.8. The number of nitrogens with one attached hydrogen (secondary N) is 1. The van der Waals surface area contributed by atoms with Gasteiger partial charge in [-0.05, 0) is 79.9 Å². The maximum Gasteiger partial charge on any atom is 0.242 e. The average Bonchev–Trinajstić information content (AvgIpc) is 4.00. The summed E-state index contributed by atoms with van der Waals surface area (Å²) in [6.45, 7) is 2.75. The summed E-state index contributed by atoms with van der Waals surface area (Å²) in [6, 6.07) is 18.4. The molecule has 0 radical (unpaired) electrons. The van der Waals surface area contributed by atoms with Gasteiger partial charge in [0, 0.05) is 35.6 Å². The van der Waals surface area contributed by atoms with Gasteiger partial charge in [-0.15, -0.1) is 0 Å². The van der Waals surface area contributed by atoms with Gasteiger partial charge in [0.05, 0.1) is 19.7 Å². The molecular formula is C44H56FN3O5. The Hall–Kier alpha value is -4.66. The highest BCUT2D eigenvalue weighted by atomic mass is 19.1. The molecule has 1 fully saturated rings. The van der Waals surface area contributed by atoms with Crippen LogP contribution in [0.25, 0.3) is 10.9 Å². The first-order chi connectivity index (χ1) is 25.9. The van der Waals surface area contributed by atoms with Crippen LogP contribution in [-0.4, -0.2) is 37.6 Å². The molecule has 2 amide bonds. The van der Waals surface area contributed by atoms with E-state index in [1.165, 1.54) is 82.8 Å². The van der Waals surface area contributed by atoms with Crippen LogP contribution in [0.15, 0.2) is 72.9 Å². The number of anilines is 2. The minimum Gasteiger partial charge on any atom is -0.493 e. The highest BCUT2D eigenvalue weighted by molar-refractivity contribution is 6.17. The second-order valence-electron chi connectivity index (χ2n) is 14.2. The molecule has 5 rings (SSSR count). The Morgan fingerprint density at radius 3 is 1.87 bits per heavy atom. The molecule has 0 saturated heterocycles. The smallest absolute Gasteiger partial charge is 0.242 e. The average molecular weight is 726 g/mol. The third-order valence-corrected chi connectivity index (χ3v) is 10.3. The normalized spacial score (nSPS) is 13.1. The number of hydrogen-bond donors (Lipinski definition) is 1. The van der Waals surface area contributed by atoms with Crippen molar-refractivity contribution in [2.45, 2.75) is 110 Å². The minimum absolute atomic E-state index is 0.229. The summed E-state index contributed by atoms with van der Waals surface area (Å²) in [4.78, 5) is 33.9. The topological polar surface area (TPSA) is 90.0 Å². The van der Waals surface area contributed by atoms with E-state index in [-0.39, 0.29) is 17.6 Å². The van der Waals surface area contributed by atoms with Gasteiger partial charge in [-0.25, -0.2) is 4.39 Å². The van der Waals surface area contributed by atoms with E-state index in [9.17, 15) is 14.0 Å². The fourth-order valence-electron chi connectivity index (χ4n) is 6.88. The van der Waals surface area contributed by atoms with Crippen LogP contribution < -0.4 is 24.4 Å². The van der Waals surface area contributed by atoms with Crippen LogP contribution in [0, 0.1) is 11.2 Å². The van der Waals surface area contributed by atoms with Crippen molar-refractivity contribution < 1.29 is 28.2 Å². The Morgan fingerprint density at radius 1 is 0.736 bits per heavy atom. The molecule has 1 heterocycles. The Labute approximate surface area is 314 Å². The van der Waals surface area contributed by atoms with Gasteiger partial charge in [-0.2, -0.15) is 0 Å². The number of fused-ring (bicyclic) bond motifs is 1. The number of nitrogens with zero attached hydrogens (tertiary/aromatic N) is 2. The summed E-state index contributed by atoms with van der Waals surface area (Å²) >= 11 is 0. The Balaban J connectivity index is 1.13. The summed E-state index contributed by atoms with van der Waals surface area (Å²) in [7, 11) is 3.16. The Bertz CT molecular complexity index is 1760. The van der Waals surface area contributed by atoms with Gasteiger partial charge in [0.25, 0.3) is 0 Å². The number of ether oxygens (including phenoxy) is 3. The molecule has 1 aliphatic rings. The number of aromatic nitrogens is 1. The lowest BCUT2D eigenvalue weighted by atomic mass is 10.0. The van der Waals surface area contributed by atoms with Crippen molar-refractivity contribution in [2.24, 2.45) is 5.41 Å². The van der Waals surface area contributed by atoms with Crippen molar-refractivity contribution in [1.29, 1.82) is 0 Å². The van der Waals surface area contributed by atoms with Crippen molar-refractivity contribution in [3.8, 4) is 23.0 Å². The van der Waals surface area contributed by atoms with E-state index in [0.29, 0.717) is 59.3 Å². The van der Waals surface area contributed by atoms with Crippen molar-refractivity contribution >= 4 is 34.1 Å². The van der Waals surface area contributed by atoms with Gasteiger partial charge in [-0.3, -0.25) is 14.6 Å². The summed E-state index contributed by atoms with van der Waals surface area (Å²) in [6.07, 6.45) is 20.1. The molecule has 0 aliphatic heterocycles. The molecular weight excluding hydrogens is 669 g/mol. The number of halogens is 1. The van der Waals surface area contributed by atoms with E-state index in [0.717, 1.165) is 24.6 Å². The molecule has 53 heavy (non-hydrogen) atoms. The number of methoxy groups -OCH3 is 2. The second-order valence-corrected chi connectivity index (χ2v) is 14.2. The molecule has 1 aliphatic carbocycles. The first-order valence-corrected chi connectivity index (χ1v) is 19.6. The van der Waals surface area contributed by atoms with Gasteiger partial charge in [-0.1, -0.05) is 90.4 Å². The zero-order chi connectivity index (χ0) is 37.5. The van der Waals surface area contributed by atoms with Crippen LogP contribution >= 0.6 is 0 Å². The van der Waals surface area contributed by atoms with Crippen molar-refractivity contribution in [3.05, 3.63) is 78.7 Å². The van der Waals surface area contributed by atoms with E-state index in [1.54, 1.807) is 73.8 Å². The van der Waals surface area contributed by atoms with Crippen LogP contribution in [0.5, 0.6) is 23.0 Å². The third kappa shape index (κ3) is 10.9. The maximum absolute atomic E-state index is 14.1. The highest BCUT2D eigenvalue weighted by Crippen LogP contribution is 2.49. The molecule has 0 spiro atoms. The lowest BCUT2D eigenvalue weighted by Gasteiger charge is -2.27. The zero-order valence-electron chi connectivity index (χ0n) is 31.8. The summed E-state index contributed by atoms with van der Waals surface area (Å²) < 4.78 is 30.9. The first-order valence-electron chi connectivity index (χ1n) is 19.6. The van der Waals surface area contributed by atoms with Crippen molar-refractivity contribution in [1.82, 2.24) is 4.98 Å². The van der Waals surface area contributed by atoms with Gasteiger partial charge in [0.15, 0.2) is 11.5 Å². The van der Waals surface area contributed by atoms with Gasteiger partial charge >= 0.3 is 0 Å². The van der Waals surface area contributed by atoms with Gasteiger partial charge in [0.2, 0.25) is 11.8 Å². The molecule has 0 bridgehead atoms. The summed E-state index contributed by atoms with van der Waals surface area (Å²) in [5.74, 6) is 1.39. The fraction of sp³-hybridized carbons (Fsp3) is 0.477. The van der Waals surface area contributed by atoms with Crippen LogP contribution in [0.2, 0.25) is 0 Å². The second kappa shape index (κ2) is 20.0. The maximum atomic E-state index is 14.1. The predicted molar refractivity (Wildman–Crippen MR) is 211 cm³/mol. The molecule has 1 N–H and O–H groups in total. The summed E-state index contributed by atoms with van der Waals surface area (Å²) in [5, 5.41) is 3.73.